The number of nitrogens with one attached hydrogen (secondary N) is 1. The second kappa shape index (κ2) is 7.38. The molecule has 2 aromatic rings. The van der Waals surface area contributed by atoms with Crippen molar-refractivity contribution in [3.05, 3.63) is 34.2 Å². The van der Waals surface area contributed by atoms with Gasteiger partial charge in [0.05, 0.1) is 11.0 Å². The number of benzene rings is 1. The fourth-order valence-electron chi connectivity index (χ4n) is 5.78. The predicted molar refractivity (Wildman–Crippen MR) is 115 cm³/mol. The molecule has 1 aromatic carbocycles. The molecule has 160 valence electrons. The number of carbonyl (C=O) groups is 2. The van der Waals surface area contributed by atoms with Crippen LogP contribution < -0.4 is 16.0 Å². The Morgan fingerprint density at radius 2 is 1.73 bits per heavy atom. The Balaban J connectivity index is 1.34. The van der Waals surface area contributed by atoms with Crippen LogP contribution in [0.5, 0.6) is 0 Å². The normalized spacial score (nSPS) is 22.1. The van der Waals surface area contributed by atoms with Crippen molar-refractivity contribution in [3.63, 3.8) is 0 Å². The van der Waals surface area contributed by atoms with Crippen molar-refractivity contribution in [3.8, 4) is 0 Å². The maximum atomic E-state index is 12.9. The second-order valence-corrected chi connectivity index (χ2v) is 9.49. The highest BCUT2D eigenvalue weighted by atomic mass is 16.2. The molecule has 7 heteroatoms. The minimum absolute atomic E-state index is 0.297. The van der Waals surface area contributed by atoms with E-state index in [2.05, 4.69) is 5.32 Å². The van der Waals surface area contributed by atoms with Crippen LogP contribution in [0.1, 0.15) is 56.9 Å². The SMILES string of the molecule is Cn1c(=O)n(N2C(=O)CCCC2=O)c2ccc(CCC3CC4(CCNCC4)C3)cc21. The Labute approximate surface area is 176 Å². The first kappa shape index (κ1) is 19.5. The lowest BCUT2D eigenvalue weighted by molar-refractivity contribution is -0.131. The van der Waals surface area contributed by atoms with Gasteiger partial charge in [0.2, 0.25) is 11.8 Å². The number of aromatic nitrogens is 2. The summed E-state index contributed by atoms with van der Waals surface area (Å²) in [6.07, 6.45) is 8.66. The third-order valence-electron chi connectivity index (χ3n) is 7.50. The third-order valence-corrected chi connectivity index (χ3v) is 7.50. The lowest BCUT2D eigenvalue weighted by Gasteiger charge is -2.50. The zero-order valence-electron chi connectivity index (χ0n) is 17.7. The molecule has 1 aromatic heterocycles. The zero-order chi connectivity index (χ0) is 20.9. The van der Waals surface area contributed by atoms with Crippen molar-refractivity contribution in [1.82, 2.24) is 14.6 Å². The third kappa shape index (κ3) is 3.20. The molecule has 2 saturated heterocycles. The quantitative estimate of drug-likeness (QED) is 0.785. The summed E-state index contributed by atoms with van der Waals surface area (Å²) in [7, 11) is 1.71. The van der Waals surface area contributed by atoms with E-state index in [0.717, 1.165) is 36.0 Å². The zero-order valence-corrected chi connectivity index (χ0v) is 17.7. The number of piperidine rings is 2. The van der Waals surface area contributed by atoms with Gasteiger partial charge in [-0.05, 0) is 87.1 Å². The summed E-state index contributed by atoms with van der Waals surface area (Å²) >= 11 is 0. The Hall–Kier alpha value is -2.41. The van der Waals surface area contributed by atoms with Gasteiger partial charge in [-0.2, -0.15) is 9.69 Å². The topological polar surface area (TPSA) is 76.3 Å². The van der Waals surface area contributed by atoms with Gasteiger partial charge in [0, 0.05) is 19.9 Å². The first-order chi connectivity index (χ1) is 14.5. The molecule has 1 saturated carbocycles. The lowest BCUT2D eigenvalue weighted by Crippen LogP contribution is -2.52. The van der Waals surface area contributed by atoms with E-state index in [4.69, 9.17) is 0 Å². The summed E-state index contributed by atoms with van der Waals surface area (Å²) in [6, 6.07) is 5.97. The first-order valence-electron chi connectivity index (χ1n) is 11.2. The number of amides is 2. The minimum atomic E-state index is -0.349. The fraction of sp³-hybridized carbons (Fsp3) is 0.609. The van der Waals surface area contributed by atoms with Gasteiger partial charge in [-0.1, -0.05) is 6.07 Å². The predicted octanol–water partition coefficient (Wildman–Crippen LogP) is 2.23. The Morgan fingerprint density at radius 1 is 1.03 bits per heavy atom. The van der Waals surface area contributed by atoms with Crippen molar-refractivity contribution in [1.29, 1.82) is 0 Å². The van der Waals surface area contributed by atoms with Crippen LogP contribution in [0.4, 0.5) is 0 Å². The molecular formula is C23H30N4O3. The van der Waals surface area contributed by atoms with Gasteiger partial charge in [0.15, 0.2) is 0 Å². The number of hydrogen-bond donors (Lipinski definition) is 1. The van der Waals surface area contributed by atoms with Crippen LogP contribution in [0.25, 0.3) is 11.0 Å². The summed E-state index contributed by atoms with van der Waals surface area (Å²) in [6.45, 7) is 2.33. The molecular weight excluding hydrogens is 380 g/mol. The summed E-state index contributed by atoms with van der Waals surface area (Å²) < 4.78 is 2.80. The molecule has 0 radical (unpaired) electrons. The van der Waals surface area contributed by atoms with E-state index in [1.165, 1.54) is 42.3 Å². The van der Waals surface area contributed by atoms with Crippen molar-refractivity contribution in [2.75, 3.05) is 18.1 Å². The van der Waals surface area contributed by atoms with Crippen molar-refractivity contribution >= 4 is 22.8 Å². The van der Waals surface area contributed by atoms with Crippen LogP contribution in [0.2, 0.25) is 0 Å². The van der Waals surface area contributed by atoms with E-state index in [1.54, 1.807) is 11.6 Å². The Kier molecular flexibility index (Phi) is 4.81. The number of imidazole rings is 1. The molecule has 30 heavy (non-hydrogen) atoms. The molecule has 1 N–H and O–H groups in total. The molecule has 1 spiro atoms. The van der Waals surface area contributed by atoms with Crippen LogP contribution in [0.15, 0.2) is 23.0 Å². The average molecular weight is 411 g/mol. The van der Waals surface area contributed by atoms with Crippen molar-refractivity contribution in [2.45, 2.75) is 57.8 Å². The van der Waals surface area contributed by atoms with E-state index in [-0.39, 0.29) is 17.5 Å². The van der Waals surface area contributed by atoms with E-state index >= 15 is 0 Å². The molecule has 0 atom stereocenters. The Morgan fingerprint density at radius 3 is 2.43 bits per heavy atom. The number of hydrogen-bond acceptors (Lipinski definition) is 4. The molecule has 0 bridgehead atoms. The van der Waals surface area contributed by atoms with Crippen molar-refractivity contribution < 1.29 is 9.59 Å². The van der Waals surface area contributed by atoms with Crippen LogP contribution in [-0.2, 0) is 23.1 Å². The molecule has 1 aliphatic carbocycles. The van der Waals surface area contributed by atoms with Crippen LogP contribution >= 0.6 is 0 Å². The standard InChI is InChI=1S/C23H30N4O3/c1-25-19-13-16(5-6-17-14-23(15-17)9-11-24-12-10-23)7-8-18(19)26(22(25)30)27-20(28)3-2-4-21(27)29/h7-8,13,17,24H,2-6,9-12,14-15H2,1H3. The Bertz CT molecular complexity index is 1040. The first-order valence-corrected chi connectivity index (χ1v) is 11.2. The van der Waals surface area contributed by atoms with Gasteiger partial charge >= 0.3 is 5.69 Å². The van der Waals surface area contributed by atoms with Crippen LogP contribution in [0, 0.1) is 11.3 Å². The molecule has 7 nitrogen and oxygen atoms in total. The summed E-state index contributed by atoms with van der Waals surface area (Å²) in [5.41, 5.74) is 2.85. The van der Waals surface area contributed by atoms with Crippen molar-refractivity contribution in [2.24, 2.45) is 18.4 Å². The van der Waals surface area contributed by atoms with E-state index in [0.29, 0.717) is 30.2 Å². The van der Waals surface area contributed by atoms with Gasteiger partial charge < -0.3 is 5.32 Å². The van der Waals surface area contributed by atoms with Gasteiger partial charge in [-0.3, -0.25) is 14.2 Å². The fourth-order valence-corrected chi connectivity index (χ4v) is 5.78. The molecule has 2 aliphatic heterocycles. The molecule has 5 rings (SSSR count). The maximum Gasteiger partial charge on any atom is 0.348 e. The second-order valence-electron chi connectivity index (χ2n) is 9.49. The molecule has 3 fully saturated rings. The van der Waals surface area contributed by atoms with Gasteiger partial charge in [0.25, 0.3) is 0 Å². The van der Waals surface area contributed by atoms with E-state index < -0.39 is 0 Å². The average Bonchev–Trinajstić information content (AvgIpc) is 2.96. The summed E-state index contributed by atoms with van der Waals surface area (Å²) in [4.78, 5) is 37.6. The number of carbonyl (C=O) groups excluding carboxylic acids is 2. The highest BCUT2D eigenvalue weighted by Gasteiger charge is 2.43. The number of imide groups is 1. The van der Waals surface area contributed by atoms with Crippen LogP contribution in [-0.4, -0.2) is 34.1 Å². The number of nitrogens with zero attached hydrogens (tertiary/aromatic N) is 3. The number of fused-ring (bicyclic) bond motifs is 1. The molecule has 3 aliphatic rings. The summed E-state index contributed by atoms with van der Waals surface area (Å²) in [5, 5.41) is 4.51. The van der Waals surface area contributed by atoms with E-state index in [9.17, 15) is 14.4 Å². The highest BCUT2D eigenvalue weighted by molar-refractivity contribution is 6.10. The van der Waals surface area contributed by atoms with Crippen LogP contribution in [0.3, 0.4) is 0 Å². The monoisotopic (exact) mass is 410 g/mol. The summed E-state index contributed by atoms with van der Waals surface area (Å²) in [5.74, 6) is 0.194. The van der Waals surface area contributed by atoms with Gasteiger partial charge in [0.1, 0.15) is 0 Å². The smallest absolute Gasteiger partial charge is 0.317 e. The lowest BCUT2D eigenvalue weighted by atomic mass is 9.57. The molecule has 2 amide bonds. The van der Waals surface area contributed by atoms with Gasteiger partial charge in [-0.15, -0.1) is 0 Å². The maximum absolute atomic E-state index is 12.9. The van der Waals surface area contributed by atoms with Gasteiger partial charge in [-0.25, -0.2) is 4.79 Å². The minimum Gasteiger partial charge on any atom is -0.317 e. The largest absolute Gasteiger partial charge is 0.348 e. The highest BCUT2D eigenvalue weighted by Crippen LogP contribution is 2.53. The number of rotatable bonds is 4. The molecule has 3 heterocycles. The molecule has 0 unspecified atom stereocenters. The van der Waals surface area contributed by atoms with E-state index in [1.807, 2.05) is 18.2 Å². The number of aryl methyl sites for hydroxylation is 2.